The molecule has 4 nitrogen and oxygen atoms in total. The van der Waals surface area contributed by atoms with Gasteiger partial charge in [-0.1, -0.05) is 0 Å². The summed E-state index contributed by atoms with van der Waals surface area (Å²) in [5.74, 6) is 1.92. The van der Waals surface area contributed by atoms with Crippen LogP contribution >= 0.6 is 0 Å². The number of nitrogens with zero attached hydrogens (tertiary/aromatic N) is 1. The highest BCUT2D eigenvalue weighted by Crippen LogP contribution is 2.34. The van der Waals surface area contributed by atoms with Crippen molar-refractivity contribution in [1.82, 2.24) is 4.90 Å². The highest BCUT2D eigenvalue weighted by atomic mass is 16.5. The Morgan fingerprint density at radius 1 is 1.53 bits per heavy atom. The predicted molar refractivity (Wildman–Crippen MR) is 66.8 cm³/mol. The van der Waals surface area contributed by atoms with Gasteiger partial charge in [0.25, 0.3) is 0 Å². The molecule has 4 heteroatoms. The normalized spacial score (nSPS) is 17.6. The Kier molecular flexibility index (Phi) is 4.20. The third-order valence-electron chi connectivity index (χ3n) is 3.28. The number of aryl methyl sites for hydroxylation is 1. The lowest BCUT2D eigenvalue weighted by atomic mass is 10.2. The van der Waals surface area contributed by atoms with Crippen molar-refractivity contribution >= 4 is 0 Å². The number of nitrogens with two attached hydrogens (primary N) is 1. The fourth-order valence-corrected chi connectivity index (χ4v) is 2.24. The molecule has 1 fully saturated rings. The van der Waals surface area contributed by atoms with Crippen LogP contribution in [0.25, 0.3) is 0 Å². The molecule has 1 aromatic rings. The molecular weight excluding hydrogens is 216 g/mol. The Balaban J connectivity index is 2.08. The van der Waals surface area contributed by atoms with Gasteiger partial charge in [-0.2, -0.15) is 0 Å². The van der Waals surface area contributed by atoms with Crippen LogP contribution in [0.4, 0.5) is 0 Å². The van der Waals surface area contributed by atoms with E-state index in [9.17, 15) is 0 Å². The molecule has 1 unspecified atom stereocenters. The monoisotopic (exact) mass is 238 g/mol. The molecule has 0 amide bonds. The fraction of sp³-hybridized carbons (Fsp3) is 0.692. The van der Waals surface area contributed by atoms with Crippen LogP contribution in [0.15, 0.2) is 16.5 Å². The Morgan fingerprint density at radius 2 is 2.29 bits per heavy atom. The van der Waals surface area contributed by atoms with Gasteiger partial charge in [-0.15, -0.1) is 0 Å². The molecule has 2 N–H and O–H groups in total. The molecule has 1 aliphatic rings. The van der Waals surface area contributed by atoms with Gasteiger partial charge in [-0.3, -0.25) is 4.90 Å². The Morgan fingerprint density at radius 3 is 2.76 bits per heavy atom. The average Bonchev–Trinajstić information content (AvgIpc) is 3.08. The molecule has 1 heterocycles. The van der Waals surface area contributed by atoms with Gasteiger partial charge in [-0.05, 0) is 31.9 Å². The summed E-state index contributed by atoms with van der Waals surface area (Å²) in [6, 6.07) is 4.88. The Bertz CT molecular complexity index is 347. The first-order valence-electron chi connectivity index (χ1n) is 6.27. The van der Waals surface area contributed by atoms with Crippen LogP contribution in [0.1, 0.15) is 30.4 Å². The van der Waals surface area contributed by atoms with E-state index >= 15 is 0 Å². The first kappa shape index (κ1) is 12.6. The van der Waals surface area contributed by atoms with Gasteiger partial charge in [0, 0.05) is 26.2 Å². The van der Waals surface area contributed by atoms with Crippen molar-refractivity contribution in [2.45, 2.75) is 31.8 Å². The van der Waals surface area contributed by atoms with Gasteiger partial charge in [0.05, 0.1) is 12.6 Å². The number of hydrogen-bond donors (Lipinski definition) is 1. The summed E-state index contributed by atoms with van der Waals surface area (Å²) in [4.78, 5) is 2.42. The lowest BCUT2D eigenvalue weighted by Crippen LogP contribution is -2.37. The molecule has 0 saturated heterocycles. The van der Waals surface area contributed by atoms with Gasteiger partial charge in [0.2, 0.25) is 0 Å². The zero-order valence-corrected chi connectivity index (χ0v) is 10.7. The van der Waals surface area contributed by atoms with Crippen LogP contribution in [-0.4, -0.2) is 37.7 Å². The van der Waals surface area contributed by atoms with Crippen molar-refractivity contribution in [3.63, 3.8) is 0 Å². The summed E-state index contributed by atoms with van der Waals surface area (Å²) in [6.07, 6.45) is 2.53. The molecule has 0 spiro atoms. The zero-order valence-electron chi connectivity index (χ0n) is 10.7. The molecule has 1 aromatic heterocycles. The highest BCUT2D eigenvalue weighted by Gasteiger charge is 2.34. The van der Waals surface area contributed by atoms with E-state index in [2.05, 4.69) is 4.90 Å². The summed E-state index contributed by atoms with van der Waals surface area (Å²) in [6.45, 7) is 4.22. The van der Waals surface area contributed by atoms with Crippen LogP contribution in [0, 0.1) is 6.92 Å². The molecular formula is C13H22N2O2. The second-order valence-corrected chi connectivity index (χ2v) is 4.66. The quantitative estimate of drug-likeness (QED) is 0.785. The number of hydrogen-bond acceptors (Lipinski definition) is 4. The summed E-state index contributed by atoms with van der Waals surface area (Å²) in [5.41, 5.74) is 5.91. The SMILES string of the molecule is COCCN(C1CC1)C(CN)c1ccc(C)o1. The number of ether oxygens (including phenoxy) is 1. The van der Waals surface area contributed by atoms with Gasteiger partial charge in [-0.25, -0.2) is 0 Å². The molecule has 1 atom stereocenters. The van der Waals surface area contributed by atoms with Crippen molar-refractivity contribution in [3.05, 3.63) is 23.7 Å². The fourth-order valence-electron chi connectivity index (χ4n) is 2.24. The number of methoxy groups -OCH3 is 1. The third kappa shape index (κ3) is 3.09. The van der Waals surface area contributed by atoms with E-state index in [4.69, 9.17) is 14.9 Å². The van der Waals surface area contributed by atoms with E-state index in [0.717, 1.165) is 24.7 Å². The molecule has 2 rings (SSSR count). The predicted octanol–water partition coefficient (Wildman–Crippen LogP) is 1.70. The van der Waals surface area contributed by atoms with E-state index in [1.165, 1.54) is 12.8 Å². The van der Waals surface area contributed by atoms with Crippen molar-refractivity contribution in [1.29, 1.82) is 0 Å². The molecule has 1 aliphatic carbocycles. The highest BCUT2D eigenvalue weighted by molar-refractivity contribution is 5.11. The maximum atomic E-state index is 5.91. The summed E-state index contributed by atoms with van der Waals surface area (Å²) in [5, 5.41) is 0. The van der Waals surface area contributed by atoms with Gasteiger partial charge >= 0.3 is 0 Å². The number of rotatable bonds is 7. The maximum Gasteiger partial charge on any atom is 0.122 e. The van der Waals surface area contributed by atoms with Crippen LogP contribution in [-0.2, 0) is 4.74 Å². The first-order valence-corrected chi connectivity index (χ1v) is 6.27. The van der Waals surface area contributed by atoms with E-state index in [1.807, 2.05) is 19.1 Å². The van der Waals surface area contributed by atoms with Crippen LogP contribution in [0.3, 0.4) is 0 Å². The molecule has 1 saturated carbocycles. The van der Waals surface area contributed by atoms with Crippen molar-refractivity contribution in [2.75, 3.05) is 26.8 Å². The summed E-state index contributed by atoms with van der Waals surface area (Å²) < 4.78 is 10.9. The minimum absolute atomic E-state index is 0.186. The maximum absolute atomic E-state index is 5.91. The van der Waals surface area contributed by atoms with Gasteiger partial charge < -0.3 is 14.9 Å². The molecule has 17 heavy (non-hydrogen) atoms. The zero-order chi connectivity index (χ0) is 12.3. The van der Waals surface area contributed by atoms with E-state index < -0.39 is 0 Å². The Labute approximate surface area is 103 Å². The molecule has 96 valence electrons. The van der Waals surface area contributed by atoms with Gasteiger partial charge in [0.1, 0.15) is 11.5 Å². The van der Waals surface area contributed by atoms with Crippen LogP contribution in [0.2, 0.25) is 0 Å². The first-order chi connectivity index (χ1) is 8.26. The minimum atomic E-state index is 0.186. The smallest absolute Gasteiger partial charge is 0.122 e. The van der Waals surface area contributed by atoms with Crippen molar-refractivity contribution in [2.24, 2.45) is 5.73 Å². The Hall–Kier alpha value is -0.840. The second-order valence-electron chi connectivity index (χ2n) is 4.66. The molecule has 0 aromatic carbocycles. The minimum Gasteiger partial charge on any atom is -0.465 e. The second kappa shape index (κ2) is 5.67. The van der Waals surface area contributed by atoms with Crippen LogP contribution < -0.4 is 5.73 Å². The summed E-state index contributed by atoms with van der Waals surface area (Å²) >= 11 is 0. The standard InChI is InChI=1S/C13H22N2O2/c1-10-3-6-13(17-10)12(9-14)15(7-8-16-2)11-4-5-11/h3,6,11-12H,4-5,7-9,14H2,1-2H3. The molecule has 0 bridgehead atoms. The third-order valence-corrected chi connectivity index (χ3v) is 3.28. The lowest BCUT2D eigenvalue weighted by Gasteiger charge is -2.29. The molecule has 0 radical (unpaired) electrons. The largest absolute Gasteiger partial charge is 0.465 e. The molecule has 0 aliphatic heterocycles. The van der Waals surface area contributed by atoms with E-state index in [-0.39, 0.29) is 6.04 Å². The van der Waals surface area contributed by atoms with Crippen molar-refractivity contribution < 1.29 is 9.15 Å². The summed E-state index contributed by atoms with van der Waals surface area (Å²) in [7, 11) is 1.74. The van der Waals surface area contributed by atoms with E-state index in [1.54, 1.807) is 7.11 Å². The van der Waals surface area contributed by atoms with Crippen molar-refractivity contribution in [3.8, 4) is 0 Å². The average molecular weight is 238 g/mol. The van der Waals surface area contributed by atoms with Gasteiger partial charge in [0.15, 0.2) is 0 Å². The van der Waals surface area contributed by atoms with Crippen LogP contribution in [0.5, 0.6) is 0 Å². The number of furan rings is 1. The van der Waals surface area contributed by atoms with E-state index in [0.29, 0.717) is 12.6 Å². The lowest BCUT2D eigenvalue weighted by molar-refractivity contribution is 0.106. The topological polar surface area (TPSA) is 51.6 Å².